The average Bonchev–Trinajstić information content (AvgIpc) is 0.906. The monoisotopic (exact) mass is 1510 g/mol. The van der Waals surface area contributed by atoms with Crippen LogP contribution in [0.2, 0.25) is 0 Å². The first-order valence-corrected chi connectivity index (χ1v) is 46.5. The van der Waals surface area contributed by atoms with Crippen LogP contribution in [0.3, 0.4) is 0 Å². The molecule has 0 saturated heterocycles. The smallest absolute Gasteiger partial charge is 0.462 e. The third-order valence-electron chi connectivity index (χ3n) is 20.1. The van der Waals surface area contributed by atoms with Crippen molar-refractivity contribution in [2.75, 3.05) is 39.6 Å². The van der Waals surface area contributed by atoms with E-state index < -0.39 is 97.5 Å². The highest BCUT2D eigenvalue weighted by Gasteiger charge is 2.30. The number of hydrogen-bond acceptors (Lipinski definition) is 15. The van der Waals surface area contributed by atoms with Crippen LogP contribution in [0.1, 0.15) is 446 Å². The van der Waals surface area contributed by atoms with Gasteiger partial charge in [-0.3, -0.25) is 37.3 Å². The molecule has 0 rings (SSSR count). The fraction of sp³-hybridized carbons (Fsp3) is 0.952. The van der Waals surface area contributed by atoms with Crippen molar-refractivity contribution in [2.24, 2.45) is 11.8 Å². The Labute approximate surface area is 632 Å². The number of rotatable bonds is 83. The van der Waals surface area contributed by atoms with Gasteiger partial charge in [0.1, 0.15) is 19.3 Å². The van der Waals surface area contributed by atoms with Gasteiger partial charge in [0.25, 0.3) is 0 Å². The number of esters is 4. The van der Waals surface area contributed by atoms with E-state index in [0.717, 1.165) is 102 Å². The predicted octanol–water partition coefficient (Wildman–Crippen LogP) is 25.5. The second-order valence-electron chi connectivity index (χ2n) is 30.9. The molecule has 17 nitrogen and oxygen atoms in total. The van der Waals surface area contributed by atoms with E-state index in [-0.39, 0.29) is 25.7 Å². The zero-order chi connectivity index (χ0) is 75.6. The lowest BCUT2D eigenvalue weighted by molar-refractivity contribution is -0.161. The molecule has 0 aromatic rings. The van der Waals surface area contributed by atoms with E-state index in [2.05, 4.69) is 41.5 Å². The second-order valence-corrected chi connectivity index (χ2v) is 33.8. The molecule has 103 heavy (non-hydrogen) atoms. The van der Waals surface area contributed by atoms with Gasteiger partial charge in [-0.25, -0.2) is 9.13 Å². The molecule has 3 N–H and O–H groups in total. The van der Waals surface area contributed by atoms with Gasteiger partial charge in [0.05, 0.1) is 26.4 Å². The Hall–Kier alpha value is -1.94. The number of aliphatic hydroxyl groups excluding tert-OH is 1. The van der Waals surface area contributed by atoms with Gasteiger partial charge in [-0.15, -0.1) is 0 Å². The van der Waals surface area contributed by atoms with Crippen LogP contribution in [0.25, 0.3) is 0 Å². The summed E-state index contributed by atoms with van der Waals surface area (Å²) in [7, 11) is -9.92. The molecule has 0 bridgehead atoms. The van der Waals surface area contributed by atoms with Crippen LogP contribution in [0, 0.1) is 11.8 Å². The molecule has 6 atom stereocenters. The summed E-state index contributed by atoms with van der Waals surface area (Å²) >= 11 is 0. The van der Waals surface area contributed by atoms with Crippen molar-refractivity contribution in [3.8, 4) is 0 Å². The molecule has 0 aliphatic heterocycles. The second kappa shape index (κ2) is 75.5. The lowest BCUT2D eigenvalue weighted by atomic mass is 9.99. The molecule has 0 heterocycles. The Morgan fingerprint density at radius 2 is 0.495 bits per heavy atom. The molecule has 0 aromatic heterocycles. The maximum absolute atomic E-state index is 13.1. The Morgan fingerprint density at radius 3 is 0.738 bits per heavy atom. The quantitative estimate of drug-likeness (QED) is 0.0222. The van der Waals surface area contributed by atoms with Gasteiger partial charge >= 0.3 is 39.5 Å². The minimum atomic E-state index is -4.96. The third-order valence-corrected chi connectivity index (χ3v) is 22.0. The number of carbonyl (C=O) groups excluding carboxylic acids is 4. The number of ether oxygens (including phenoxy) is 4. The van der Waals surface area contributed by atoms with Crippen LogP contribution in [-0.2, 0) is 65.4 Å². The summed E-state index contributed by atoms with van der Waals surface area (Å²) in [5.74, 6) is -0.457. The third kappa shape index (κ3) is 76.6. The topological polar surface area (TPSA) is 237 Å². The summed E-state index contributed by atoms with van der Waals surface area (Å²) in [6.07, 6.45) is 66.6. The van der Waals surface area contributed by atoms with Gasteiger partial charge < -0.3 is 33.8 Å². The van der Waals surface area contributed by atoms with Crippen LogP contribution in [0.5, 0.6) is 0 Å². The summed E-state index contributed by atoms with van der Waals surface area (Å²) in [5.41, 5.74) is 0. The van der Waals surface area contributed by atoms with Crippen molar-refractivity contribution in [3.63, 3.8) is 0 Å². The van der Waals surface area contributed by atoms with E-state index in [4.69, 9.17) is 37.0 Å². The zero-order valence-corrected chi connectivity index (χ0v) is 69.4. The molecule has 0 fully saturated rings. The summed E-state index contributed by atoms with van der Waals surface area (Å²) < 4.78 is 68.8. The largest absolute Gasteiger partial charge is 0.472 e. The molecule has 0 spiro atoms. The van der Waals surface area contributed by atoms with Crippen LogP contribution in [0.4, 0.5) is 0 Å². The highest BCUT2D eigenvalue weighted by atomic mass is 31.2. The van der Waals surface area contributed by atoms with Gasteiger partial charge in [0, 0.05) is 25.7 Å². The maximum Gasteiger partial charge on any atom is 0.472 e. The Balaban J connectivity index is 5.20. The zero-order valence-electron chi connectivity index (χ0n) is 67.6. The summed E-state index contributed by atoms with van der Waals surface area (Å²) in [4.78, 5) is 73.1. The van der Waals surface area contributed by atoms with Gasteiger partial charge in [-0.2, -0.15) is 0 Å². The van der Waals surface area contributed by atoms with Crippen molar-refractivity contribution in [3.05, 3.63) is 0 Å². The summed E-state index contributed by atoms with van der Waals surface area (Å²) in [6, 6.07) is 0. The molecule has 0 saturated carbocycles. The Kier molecular flexibility index (Phi) is 74.1. The lowest BCUT2D eigenvalue weighted by Crippen LogP contribution is -2.30. The molecule has 0 aliphatic carbocycles. The predicted molar refractivity (Wildman–Crippen MR) is 423 cm³/mol. The molecule has 3 unspecified atom stereocenters. The van der Waals surface area contributed by atoms with E-state index in [0.29, 0.717) is 25.7 Å². The first kappa shape index (κ1) is 101. The molecule has 19 heteroatoms. The summed E-state index contributed by atoms with van der Waals surface area (Å²) in [5, 5.41) is 10.7. The minimum Gasteiger partial charge on any atom is -0.462 e. The summed E-state index contributed by atoms with van der Waals surface area (Å²) in [6.45, 7) is 9.72. The fourth-order valence-corrected chi connectivity index (χ4v) is 14.6. The standard InChI is InChI=1S/C84H164O17P2/c1-7-10-12-14-16-18-19-20-21-24-28-31-37-43-49-55-61-67-82(87)95-73-80(101-83(88)68-62-56-50-44-38-32-29-26-23-22-25-27-30-36-42-47-53-59-65-77(6)9-3)75-99-103(92,93)97-71-78(85)70-96-102(90,91)98-74-79(72-94-81(86)66-60-54-48-40-17-15-13-11-8-2)100-84(89)69-63-57-51-45-39-34-33-35-41-46-52-58-64-76(4)5/h76-80,85H,7-75H2,1-6H3,(H,90,91)(H,92,93)/t77?,78-,79+,80+/m0/s1. The lowest BCUT2D eigenvalue weighted by Gasteiger charge is -2.21. The van der Waals surface area contributed by atoms with Crippen molar-refractivity contribution in [1.82, 2.24) is 0 Å². The van der Waals surface area contributed by atoms with Crippen LogP contribution in [0.15, 0.2) is 0 Å². The normalized spacial score (nSPS) is 14.1. The van der Waals surface area contributed by atoms with E-state index >= 15 is 0 Å². The number of phosphoric acid groups is 2. The Bertz CT molecular complexity index is 1980. The highest BCUT2D eigenvalue weighted by molar-refractivity contribution is 7.47. The van der Waals surface area contributed by atoms with Crippen LogP contribution >= 0.6 is 15.6 Å². The van der Waals surface area contributed by atoms with E-state index in [1.165, 1.54) is 263 Å². The highest BCUT2D eigenvalue weighted by Crippen LogP contribution is 2.45. The van der Waals surface area contributed by atoms with E-state index in [1.807, 2.05) is 0 Å². The average molecular weight is 1510 g/mol. The first-order valence-electron chi connectivity index (χ1n) is 43.5. The molecule has 0 aliphatic rings. The molecular formula is C84H164O17P2. The van der Waals surface area contributed by atoms with Gasteiger partial charge in [0.15, 0.2) is 12.2 Å². The van der Waals surface area contributed by atoms with Gasteiger partial charge in [-0.1, -0.05) is 395 Å². The molecule has 0 radical (unpaired) electrons. The number of aliphatic hydroxyl groups is 1. The molecule has 0 aromatic carbocycles. The van der Waals surface area contributed by atoms with Crippen molar-refractivity contribution in [2.45, 2.75) is 464 Å². The van der Waals surface area contributed by atoms with Crippen LogP contribution < -0.4 is 0 Å². The Morgan fingerprint density at radius 1 is 0.282 bits per heavy atom. The first-order chi connectivity index (χ1) is 49.9. The minimum absolute atomic E-state index is 0.107. The van der Waals surface area contributed by atoms with Crippen molar-refractivity contribution < 1.29 is 80.2 Å². The SMILES string of the molecule is CCCCCCCCCCCCCCCCCCCC(=O)OC[C@H](COP(=O)(O)OC[C@@H](O)COP(=O)(O)OC[C@@H](COC(=O)CCCCCCCCCCC)OC(=O)CCCCCCCCCCCCCCC(C)C)OC(=O)CCCCCCCCCCCCCCCCCCCCC(C)CC. The van der Waals surface area contributed by atoms with Crippen LogP contribution in [-0.4, -0.2) is 96.7 Å². The fourth-order valence-electron chi connectivity index (χ4n) is 13.0. The molecular weight excluding hydrogens is 1340 g/mol. The van der Waals surface area contributed by atoms with Crippen molar-refractivity contribution >= 4 is 39.5 Å². The number of hydrogen-bond donors (Lipinski definition) is 3. The maximum atomic E-state index is 13.1. The van der Waals surface area contributed by atoms with Crippen molar-refractivity contribution in [1.29, 1.82) is 0 Å². The van der Waals surface area contributed by atoms with E-state index in [1.54, 1.807) is 0 Å². The number of carbonyl (C=O) groups is 4. The number of unbranched alkanes of at least 4 members (excludes halogenated alkanes) is 52. The molecule has 612 valence electrons. The van der Waals surface area contributed by atoms with Gasteiger partial charge in [0.2, 0.25) is 0 Å². The van der Waals surface area contributed by atoms with Gasteiger partial charge in [-0.05, 0) is 37.5 Å². The molecule has 0 amide bonds. The number of phosphoric ester groups is 2. The van der Waals surface area contributed by atoms with E-state index in [9.17, 15) is 43.2 Å².